The maximum Gasteiger partial charge on any atom is 0.252 e. The van der Waals surface area contributed by atoms with Crippen molar-refractivity contribution < 1.29 is 14.0 Å². The summed E-state index contributed by atoms with van der Waals surface area (Å²) in [5, 5.41) is 3.38. The third-order valence-corrected chi connectivity index (χ3v) is 4.65. The Labute approximate surface area is 172 Å². The van der Waals surface area contributed by atoms with Crippen LogP contribution in [0.3, 0.4) is 0 Å². The Kier molecular flexibility index (Phi) is 7.52. The molecule has 26 heavy (non-hydrogen) atoms. The van der Waals surface area contributed by atoms with Crippen molar-refractivity contribution in [3.63, 3.8) is 0 Å². The number of anilines is 1. The van der Waals surface area contributed by atoms with E-state index in [4.69, 9.17) is 34.8 Å². The fourth-order valence-electron chi connectivity index (χ4n) is 1.91. The van der Waals surface area contributed by atoms with Crippen LogP contribution in [-0.4, -0.2) is 18.4 Å². The van der Waals surface area contributed by atoms with Gasteiger partial charge in [0.2, 0.25) is 5.91 Å². The van der Waals surface area contributed by atoms with Crippen LogP contribution in [0.25, 0.3) is 0 Å². The number of carbonyl (C=O) groups is 2. The predicted molar refractivity (Wildman–Crippen MR) is 104 cm³/mol. The number of carbonyl (C=O) groups excluding carboxylic acids is 2. The molecular formula is C16H12BrCl3FN3O2. The third-order valence-electron chi connectivity index (χ3n) is 3.14. The second-order valence-electron chi connectivity index (χ2n) is 5.05. The lowest BCUT2D eigenvalue weighted by Crippen LogP contribution is -2.34. The SMILES string of the molecule is O=C(CCNC(=O)c1cc(F)ccc1Br)NNc1c(Cl)cc(Cl)cc1Cl. The van der Waals surface area contributed by atoms with E-state index < -0.39 is 17.6 Å². The van der Waals surface area contributed by atoms with Gasteiger partial charge >= 0.3 is 0 Å². The molecule has 0 saturated carbocycles. The number of benzene rings is 2. The summed E-state index contributed by atoms with van der Waals surface area (Å²) in [7, 11) is 0. The maximum absolute atomic E-state index is 13.2. The van der Waals surface area contributed by atoms with Gasteiger partial charge < -0.3 is 5.32 Å². The third kappa shape index (κ3) is 5.74. The minimum atomic E-state index is -0.531. The predicted octanol–water partition coefficient (Wildman–Crippen LogP) is 4.81. The van der Waals surface area contributed by atoms with E-state index >= 15 is 0 Å². The number of nitrogens with one attached hydrogen (secondary N) is 3. The van der Waals surface area contributed by atoms with Gasteiger partial charge in [0.15, 0.2) is 0 Å². The lowest BCUT2D eigenvalue weighted by atomic mass is 10.2. The molecule has 0 aromatic heterocycles. The van der Waals surface area contributed by atoms with E-state index in [9.17, 15) is 14.0 Å². The van der Waals surface area contributed by atoms with Gasteiger partial charge in [0, 0.05) is 22.5 Å². The van der Waals surface area contributed by atoms with Gasteiger partial charge in [-0.25, -0.2) is 4.39 Å². The van der Waals surface area contributed by atoms with Gasteiger partial charge in [-0.15, -0.1) is 0 Å². The fourth-order valence-corrected chi connectivity index (χ4v) is 3.25. The van der Waals surface area contributed by atoms with Gasteiger partial charge in [0.25, 0.3) is 5.91 Å². The second-order valence-corrected chi connectivity index (χ2v) is 7.15. The lowest BCUT2D eigenvalue weighted by molar-refractivity contribution is -0.120. The first-order valence-electron chi connectivity index (χ1n) is 7.20. The molecule has 2 aromatic carbocycles. The highest BCUT2D eigenvalue weighted by atomic mass is 79.9. The Hall–Kier alpha value is -1.54. The summed E-state index contributed by atoms with van der Waals surface area (Å²) in [6, 6.07) is 6.71. The Morgan fingerprint density at radius 2 is 1.73 bits per heavy atom. The molecule has 0 aliphatic heterocycles. The van der Waals surface area contributed by atoms with Crippen LogP contribution in [0.15, 0.2) is 34.8 Å². The summed E-state index contributed by atoms with van der Waals surface area (Å²) in [5.41, 5.74) is 5.46. The van der Waals surface area contributed by atoms with Crippen LogP contribution in [-0.2, 0) is 4.79 Å². The van der Waals surface area contributed by atoms with Crippen LogP contribution in [0.4, 0.5) is 10.1 Å². The number of halogens is 5. The normalized spacial score (nSPS) is 10.3. The number of hydrogen-bond acceptors (Lipinski definition) is 3. The number of hydrogen-bond donors (Lipinski definition) is 3. The first-order valence-corrected chi connectivity index (χ1v) is 9.13. The summed E-state index contributed by atoms with van der Waals surface area (Å²) < 4.78 is 13.7. The number of rotatable bonds is 6. The van der Waals surface area contributed by atoms with Crippen molar-refractivity contribution in [3.8, 4) is 0 Å². The zero-order chi connectivity index (χ0) is 19.3. The standard InChI is InChI=1S/C16H12BrCl3FN3O2/c17-11-2-1-9(21)7-10(11)16(26)22-4-3-14(25)23-24-15-12(19)5-8(18)6-13(15)20/h1-2,5-7,24H,3-4H2,(H,22,26)(H,23,25). The van der Waals surface area contributed by atoms with Gasteiger partial charge in [0.05, 0.1) is 21.3 Å². The van der Waals surface area contributed by atoms with Crippen molar-refractivity contribution >= 4 is 68.2 Å². The van der Waals surface area contributed by atoms with E-state index in [-0.39, 0.29) is 28.6 Å². The minimum absolute atomic E-state index is 0.0193. The van der Waals surface area contributed by atoms with Crippen LogP contribution in [0.5, 0.6) is 0 Å². The molecule has 0 spiro atoms. The van der Waals surface area contributed by atoms with Crippen LogP contribution >= 0.6 is 50.7 Å². The van der Waals surface area contributed by atoms with Crippen molar-refractivity contribution in [1.29, 1.82) is 0 Å². The average molecular weight is 484 g/mol. The molecule has 0 radical (unpaired) electrons. The highest BCUT2D eigenvalue weighted by Crippen LogP contribution is 2.33. The van der Waals surface area contributed by atoms with Crippen LogP contribution in [0.1, 0.15) is 16.8 Å². The summed E-state index contributed by atoms with van der Waals surface area (Å²) in [6.07, 6.45) is -0.0193. The zero-order valence-electron chi connectivity index (χ0n) is 13.0. The van der Waals surface area contributed by atoms with E-state index in [2.05, 4.69) is 32.1 Å². The Bertz CT molecular complexity index is 828. The summed E-state index contributed by atoms with van der Waals surface area (Å²) in [6.45, 7) is 0.0530. The second kappa shape index (κ2) is 9.41. The molecule has 0 bridgehead atoms. The van der Waals surface area contributed by atoms with Gasteiger partial charge in [-0.2, -0.15) is 0 Å². The van der Waals surface area contributed by atoms with Gasteiger partial charge in [-0.1, -0.05) is 34.8 Å². The highest BCUT2D eigenvalue weighted by Gasteiger charge is 2.12. The molecule has 0 aliphatic carbocycles. The first kappa shape index (κ1) is 20.8. The van der Waals surface area contributed by atoms with Crippen molar-refractivity contribution in [2.24, 2.45) is 0 Å². The van der Waals surface area contributed by atoms with E-state index in [0.29, 0.717) is 15.2 Å². The zero-order valence-corrected chi connectivity index (χ0v) is 16.9. The number of hydrazine groups is 1. The van der Waals surface area contributed by atoms with Gasteiger partial charge in [-0.3, -0.25) is 20.4 Å². The monoisotopic (exact) mass is 481 g/mol. The highest BCUT2D eigenvalue weighted by molar-refractivity contribution is 9.10. The Balaban J connectivity index is 1.82. The van der Waals surface area contributed by atoms with Gasteiger partial charge in [0.1, 0.15) is 5.82 Å². The maximum atomic E-state index is 13.2. The Morgan fingerprint density at radius 3 is 2.38 bits per heavy atom. The first-order chi connectivity index (χ1) is 12.3. The lowest BCUT2D eigenvalue weighted by Gasteiger charge is -2.12. The molecule has 2 amide bonds. The largest absolute Gasteiger partial charge is 0.351 e. The molecule has 0 aliphatic rings. The summed E-state index contributed by atoms with van der Waals surface area (Å²) in [5.74, 6) is -1.44. The van der Waals surface area contributed by atoms with Crippen molar-refractivity contribution in [3.05, 3.63) is 61.3 Å². The van der Waals surface area contributed by atoms with E-state index in [0.717, 1.165) is 6.07 Å². The van der Waals surface area contributed by atoms with Crippen molar-refractivity contribution in [1.82, 2.24) is 10.7 Å². The molecule has 3 N–H and O–H groups in total. The molecule has 0 saturated heterocycles. The van der Waals surface area contributed by atoms with Crippen LogP contribution in [0.2, 0.25) is 15.1 Å². The summed E-state index contributed by atoms with van der Waals surface area (Å²) in [4.78, 5) is 23.8. The molecule has 0 fully saturated rings. The smallest absolute Gasteiger partial charge is 0.252 e. The van der Waals surface area contributed by atoms with Gasteiger partial charge in [-0.05, 0) is 46.3 Å². The molecule has 5 nitrogen and oxygen atoms in total. The van der Waals surface area contributed by atoms with Crippen molar-refractivity contribution in [2.75, 3.05) is 12.0 Å². The molecule has 0 atom stereocenters. The minimum Gasteiger partial charge on any atom is -0.351 e. The number of amides is 2. The topological polar surface area (TPSA) is 70.2 Å². The Morgan fingerprint density at radius 1 is 1.08 bits per heavy atom. The van der Waals surface area contributed by atoms with Crippen LogP contribution < -0.4 is 16.2 Å². The molecule has 2 rings (SSSR count). The quantitative estimate of drug-likeness (QED) is 0.517. The average Bonchev–Trinajstić information content (AvgIpc) is 2.56. The fraction of sp³-hybridized carbons (Fsp3) is 0.125. The molecule has 0 heterocycles. The van der Waals surface area contributed by atoms with E-state index in [1.807, 2.05) is 0 Å². The molecule has 2 aromatic rings. The summed E-state index contributed by atoms with van der Waals surface area (Å²) >= 11 is 20.9. The van der Waals surface area contributed by atoms with Crippen molar-refractivity contribution in [2.45, 2.75) is 6.42 Å². The van der Waals surface area contributed by atoms with E-state index in [1.54, 1.807) is 0 Å². The molecular weight excluding hydrogens is 471 g/mol. The molecule has 0 unspecified atom stereocenters. The van der Waals surface area contributed by atoms with Crippen LogP contribution in [0, 0.1) is 5.82 Å². The molecule has 138 valence electrons. The van der Waals surface area contributed by atoms with E-state index in [1.165, 1.54) is 24.3 Å². The molecule has 10 heteroatoms.